The fourth-order valence-electron chi connectivity index (χ4n) is 0.142. The highest BCUT2D eigenvalue weighted by atomic mass is 32.0. The second-order valence-corrected chi connectivity index (χ2v) is 3.83. The SMILES string of the molecule is F[C@H](P)COP(F)P. The summed E-state index contributed by atoms with van der Waals surface area (Å²) in [6, 6.07) is 0. The normalized spacial score (nSPS) is 18.0. The van der Waals surface area contributed by atoms with Crippen molar-refractivity contribution in [2.24, 2.45) is 0 Å². The number of hydrogen-bond donors (Lipinski definition) is 0. The van der Waals surface area contributed by atoms with Crippen LogP contribution in [0.4, 0.5) is 8.59 Å². The van der Waals surface area contributed by atoms with Crippen LogP contribution < -0.4 is 0 Å². The third-order valence-electron chi connectivity index (χ3n) is 0.357. The molecule has 0 bridgehead atoms. The standard InChI is InChI=1S/C2H7F2OP3/c3-2(6)1-5-8(4)7/h2H,1,6-7H2/t2-,8?/m1/s1. The van der Waals surface area contributed by atoms with Crippen molar-refractivity contribution >= 4 is 26.3 Å². The summed E-state index contributed by atoms with van der Waals surface area (Å²) in [5.74, 6) is -1.16. The van der Waals surface area contributed by atoms with E-state index < -0.39 is 14.1 Å². The topological polar surface area (TPSA) is 9.23 Å². The van der Waals surface area contributed by atoms with Gasteiger partial charge >= 0.3 is 0 Å². The molecule has 0 aromatic heterocycles. The zero-order valence-corrected chi connectivity index (χ0v) is 7.25. The molecule has 0 aliphatic carbocycles. The van der Waals surface area contributed by atoms with Gasteiger partial charge in [0.25, 0.3) is 0 Å². The van der Waals surface area contributed by atoms with E-state index in [1.165, 1.54) is 0 Å². The Balaban J connectivity index is 2.93. The van der Waals surface area contributed by atoms with E-state index in [4.69, 9.17) is 0 Å². The monoisotopic (exact) mass is 178 g/mol. The number of rotatable bonds is 3. The predicted octanol–water partition coefficient (Wildman–Crippen LogP) is 2.25. The van der Waals surface area contributed by atoms with E-state index in [1.807, 2.05) is 18.2 Å². The van der Waals surface area contributed by atoms with Gasteiger partial charge in [-0.3, -0.25) is 0 Å². The molecule has 3 unspecified atom stereocenters. The Hall–Kier alpha value is 1.11. The first kappa shape index (κ1) is 9.11. The van der Waals surface area contributed by atoms with Crippen LogP contribution in [-0.2, 0) is 4.52 Å². The highest BCUT2D eigenvalue weighted by Gasteiger charge is 2.02. The number of alkyl halides is 1. The van der Waals surface area contributed by atoms with E-state index in [0.29, 0.717) is 0 Å². The Bertz CT molecular complexity index is 51.2. The second kappa shape index (κ2) is 4.94. The van der Waals surface area contributed by atoms with Crippen LogP contribution in [0.15, 0.2) is 0 Å². The highest BCUT2D eigenvalue weighted by Crippen LogP contribution is 2.47. The molecule has 0 N–H and O–H groups in total. The lowest BCUT2D eigenvalue weighted by Gasteiger charge is -2.01. The van der Waals surface area contributed by atoms with Crippen molar-refractivity contribution < 1.29 is 13.1 Å². The van der Waals surface area contributed by atoms with E-state index in [9.17, 15) is 8.59 Å². The number of hydrogen-bond acceptors (Lipinski definition) is 1. The van der Waals surface area contributed by atoms with E-state index in [0.717, 1.165) is 0 Å². The lowest BCUT2D eigenvalue weighted by molar-refractivity contribution is 0.269. The Kier molecular flexibility index (Phi) is 5.63. The minimum absolute atomic E-state index is 0.184. The molecule has 0 aromatic carbocycles. The van der Waals surface area contributed by atoms with Gasteiger partial charge in [0.15, 0.2) is 0 Å². The van der Waals surface area contributed by atoms with Gasteiger partial charge in [-0.25, -0.2) is 4.39 Å². The molecule has 0 saturated carbocycles. The molecular weight excluding hydrogens is 171 g/mol. The van der Waals surface area contributed by atoms with Gasteiger partial charge in [0, 0.05) is 0 Å². The van der Waals surface area contributed by atoms with Crippen molar-refractivity contribution in [1.82, 2.24) is 0 Å². The van der Waals surface area contributed by atoms with Crippen LogP contribution in [0.25, 0.3) is 0 Å². The van der Waals surface area contributed by atoms with Gasteiger partial charge in [-0.1, -0.05) is 9.24 Å². The summed E-state index contributed by atoms with van der Waals surface area (Å²) in [5, 5.41) is 0. The van der Waals surface area contributed by atoms with Gasteiger partial charge in [-0.05, 0) is 8.93 Å². The first-order valence-electron chi connectivity index (χ1n) is 1.86. The molecule has 0 spiro atoms. The quantitative estimate of drug-likeness (QED) is 0.602. The zero-order chi connectivity index (χ0) is 6.57. The van der Waals surface area contributed by atoms with Crippen molar-refractivity contribution in [3.05, 3.63) is 0 Å². The van der Waals surface area contributed by atoms with Crippen molar-refractivity contribution in [3.8, 4) is 0 Å². The first-order chi connectivity index (χ1) is 3.63. The molecule has 0 heterocycles. The average Bonchev–Trinajstić information content (AvgIpc) is 1.61. The lowest BCUT2D eigenvalue weighted by atomic mass is 10.8. The van der Waals surface area contributed by atoms with Crippen molar-refractivity contribution in [1.29, 1.82) is 0 Å². The van der Waals surface area contributed by atoms with Gasteiger partial charge < -0.3 is 4.52 Å². The molecular formula is C2H7F2OP3. The molecule has 6 heteroatoms. The van der Waals surface area contributed by atoms with Gasteiger partial charge in [0.2, 0.25) is 8.15 Å². The van der Waals surface area contributed by atoms with Crippen LogP contribution in [0.5, 0.6) is 0 Å². The average molecular weight is 178 g/mol. The molecule has 0 rings (SSSR count). The first-order valence-corrected chi connectivity index (χ1v) is 5.29. The maximum absolute atomic E-state index is 11.7. The van der Waals surface area contributed by atoms with Gasteiger partial charge in [-0.2, -0.15) is 4.20 Å². The van der Waals surface area contributed by atoms with Crippen molar-refractivity contribution in [3.63, 3.8) is 0 Å². The summed E-state index contributed by atoms with van der Waals surface area (Å²) < 4.78 is 27.7. The van der Waals surface area contributed by atoms with E-state index >= 15 is 0 Å². The maximum atomic E-state index is 11.7. The van der Waals surface area contributed by atoms with Crippen LogP contribution >= 0.6 is 26.3 Å². The fourth-order valence-corrected chi connectivity index (χ4v) is 0.944. The molecule has 0 aliphatic heterocycles. The number of halogens is 2. The van der Waals surface area contributed by atoms with Gasteiger partial charge in [0.05, 0.1) is 6.61 Å². The smallest absolute Gasteiger partial charge is 0.236 e. The van der Waals surface area contributed by atoms with E-state index in [2.05, 4.69) is 4.52 Å². The van der Waals surface area contributed by atoms with Crippen LogP contribution in [0, 0.1) is 0 Å². The Morgan fingerprint density at radius 2 is 2.25 bits per heavy atom. The predicted molar refractivity (Wildman–Crippen MR) is 38.3 cm³/mol. The largest absolute Gasteiger partial charge is 0.324 e. The molecule has 1 nitrogen and oxygen atoms in total. The van der Waals surface area contributed by atoms with Gasteiger partial charge in [-0.15, -0.1) is 0 Å². The lowest BCUT2D eigenvalue weighted by Crippen LogP contribution is -1.95. The molecule has 8 heavy (non-hydrogen) atoms. The minimum Gasteiger partial charge on any atom is -0.324 e. The third kappa shape index (κ3) is 7.11. The molecule has 50 valence electrons. The molecule has 0 radical (unpaired) electrons. The van der Waals surface area contributed by atoms with Crippen molar-refractivity contribution in [2.75, 3.05) is 6.61 Å². The molecule has 0 amide bonds. The Labute approximate surface area is 52.8 Å². The highest BCUT2D eigenvalue weighted by molar-refractivity contribution is 8.08. The van der Waals surface area contributed by atoms with Crippen LogP contribution in [0.1, 0.15) is 0 Å². The summed E-state index contributed by atoms with van der Waals surface area (Å²) >= 11 is 0. The second-order valence-electron chi connectivity index (χ2n) is 1.08. The molecule has 4 atom stereocenters. The zero-order valence-electron chi connectivity index (χ0n) is 4.05. The molecule has 0 aromatic rings. The van der Waals surface area contributed by atoms with Gasteiger partial charge in [0.1, 0.15) is 5.91 Å². The molecule has 0 fully saturated rings. The Morgan fingerprint density at radius 1 is 1.75 bits per heavy atom. The van der Waals surface area contributed by atoms with Crippen LogP contribution in [0.2, 0.25) is 0 Å². The summed E-state index contributed by atoms with van der Waals surface area (Å²) in [6.07, 6.45) is 0. The fraction of sp³-hybridized carbons (Fsp3) is 1.00. The summed E-state index contributed by atoms with van der Waals surface area (Å²) in [6.45, 7) is -0.184. The Morgan fingerprint density at radius 3 is 2.38 bits per heavy atom. The van der Waals surface area contributed by atoms with E-state index in [-0.39, 0.29) is 6.61 Å². The third-order valence-corrected chi connectivity index (χ3v) is 1.39. The van der Waals surface area contributed by atoms with Crippen LogP contribution in [-0.4, -0.2) is 12.5 Å². The van der Waals surface area contributed by atoms with Crippen molar-refractivity contribution in [2.45, 2.75) is 5.91 Å². The minimum atomic E-state index is -1.97. The maximum Gasteiger partial charge on any atom is 0.236 e. The summed E-state index contributed by atoms with van der Waals surface area (Å²) in [7, 11) is 1.72. The molecule has 0 aliphatic rings. The van der Waals surface area contributed by atoms with E-state index in [1.54, 1.807) is 0 Å². The summed E-state index contributed by atoms with van der Waals surface area (Å²) in [5.41, 5.74) is 0. The molecule has 0 saturated heterocycles. The van der Waals surface area contributed by atoms with Crippen LogP contribution in [0.3, 0.4) is 0 Å². The summed E-state index contributed by atoms with van der Waals surface area (Å²) in [4.78, 5) is 0.